The van der Waals surface area contributed by atoms with Crippen molar-refractivity contribution in [2.24, 2.45) is 5.92 Å². The van der Waals surface area contributed by atoms with Gasteiger partial charge < -0.3 is 20.5 Å². The van der Waals surface area contributed by atoms with Crippen molar-refractivity contribution in [1.29, 1.82) is 0 Å². The molecule has 1 aliphatic heterocycles. The topological polar surface area (TPSA) is 82.3 Å². The number of anilines is 2. The van der Waals surface area contributed by atoms with Crippen molar-refractivity contribution in [3.63, 3.8) is 0 Å². The van der Waals surface area contributed by atoms with Crippen LogP contribution in [-0.2, 0) is 12.8 Å². The van der Waals surface area contributed by atoms with E-state index in [2.05, 4.69) is 21.4 Å². The Morgan fingerprint density at radius 3 is 3.00 bits per heavy atom. The lowest BCUT2D eigenvalue weighted by atomic mass is 9.92. The molecule has 0 radical (unpaired) electrons. The van der Waals surface area contributed by atoms with E-state index < -0.39 is 0 Å². The molecule has 4 rings (SSSR count). The van der Waals surface area contributed by atoms with Crippen LogP contribution < -0.4 is 20.5 Å². The first-order valence-corrected chi connectivity index (χ1v) is 8.40. The maximum atomic E-state index is 5.95. The van der Waals surface area contributed by atoms with Crippen LogP contribution in [0.4, 0.5) is 11.8 Å². The highest BCUT2D eigenvalue weighted by Crippen LogP contribution is 2.36. The number of nitrogen functional groups attached to an aromatic ring is 1. The molecule has 1 saturated carbocycles. The molecule has 0 amide bonds. The quantitative estimate of drug-likeness (QED) is 0.878. The van der Waals surface area contributed by atoms with Gasteiger partial charge in [-0.05, 0) is 37.3 Å². The molecule has 3 N–H and O–H groups in total. The molecule has 0 saturated heterocycles. The van der Waals surface area contributed by atoms with E-state index in [4.69, 9.17) is 15.2 Å². The monoisotopic (exact) mass is 326 g/mol. The van der Waals surface area contributed by atoms with Gasteiger partial charge in [0.15, 0.2) is 11.5 Å². The van der Waals surface area contributed by atoms with Gasteiger partial charge in [0.2, 0.25) is 5.95 Å². The zero-order valence-corrected chi connectivity index (χ0v) is 13.8. The van der Waals surface area contributed by atoms with Gasteiger partial charge in [0.1, 0.15) is 5.82 Å². The summed E-state index contributed by atoms with van der Waals surface area (Å²) in [6, 6.07) is 8.59. The Morgan fingerprint density at radius 2 is 2.21 bits per heavy atom. The zero-order valence-electron chi connectivity index (χ0n) is 13.8. The minimum atomic E-state index is 0.328. The van der Waals surface area contributed by atoms with Gasteiger partial charge in [0, 0.05) is 23.7 Å². The molecule has 24 heavy (non-hydrogen) atoms. The Labute approximate surface area is 141 Å². The molecule has 1 aromatic heterocycles. The number of aromatic nitrogens is 2. The maximum Gasteiger partial charge on any atom is 0.222 e. The Kier molecular flexibility index (Phi) is 3.88. The second-order valence-electron chi connectivity index (χ2n) is 6.56. The lowest BCUT2D eigenvalue weighted by molar-refractivity contribution is 0.210. The first kappa shape index (κ1) is 15.1. The largest absolute Gasteiger partial charge is 0.493 e. The Balaban J connectivity index is 1.48. The predicted molar refractivity (Wildman–Crippen MR) is 92.5 cm³/mol. The fourth-order valence-corrected chi connectivity index (χ4v) is 3.18. The number of benzene rings is 1. The average Bonchev–Trinajstić information content (AvgIpc) is 3.37. The van der Waals surface area contributed by atoms with Gasteiger partial charge in [-0.3, -0.25) is 0 Å². The van der Waals surface area contributed by atoms with Crippen LogP contribution in [0.5, 0.6) is 11.5 Å². The zero-order chi connectivity index (χ0) is 16.5. The van der Waals surface area contributed by atoms with Crippen LogP contribution in [0.3, 0.4) is 0 Å². The second-order valence-corrected chi connectivity index (χ2v) is 6.56. The van der Waals surface area contributed by atoms with Crippen LogP contribution in [0.2, 0.25) is 0 Å². The van der Waals surface area contributed by atoms with Gasteiger partial charge in [-0.15, -0.1) is 0 Å². The molecule has 0 unspecified atom stereocenters. The van der Waals surface area contributed by atoms with Crippen molar-refractivity contribution in [3.8, 4) is 11.5 Å². The van der Waals surface area contributed by atoms with E-state index in [-0.39, 0.29) is 0 Å². The molecule has 1 fully saturated rings. The van der Waals surface area contributed by atoms with E-state index in [1.165, 1.54) is 18.4 Å². The molecular formula is C18H22N4O2. The number of methoxy groups -OCH3 is 1. The molecule has 2 aromatic rings. The molecule has 6 nitrogen and oxygen atoms in total. The Hall–Kier alpha value is -2.50. The summed E-state index contributed by atoms with van der Waals surface area (Å²) in [5.74, 6) is 3.20. The fraction of sp³-hybridized carbons (Fsp3) is 0.444. The number of nitrogens with one attached hydrogen (secondary N) is 1. The summed E-state index contributed by atoms with van der Waals surface area (Å²) in [4.78, 5) is 8.67. The lowest BCUT2D eigenvalue weighted by Gasteiger charge is -2.26. The third-order valence-electron chi connectivity index (χ3n) is 4.48. The van der Waals surface area contributed by atoms with E-state index in [1.807, 2.05) is 18.2 Å². The van der Waals surface area contributed by atoms with Crippen LogP contribution >= 0.6 is 0 Å². The van der Waals surface area contributed by atoms with E-state index >= 15 is 0 Å². The van der Waals surface area contributed by atoms with Gasteiger partial charge >= 0.3 is 0 Å². The van der Waals surface area contributed by atoms with Crippen molar-refractivity contribution in [2.45, 2.75) is 31.7 Å². The smallest absolute Gasteiger partial charge is 0.222 e. The maximum absolute atomic E-state index is 5.95. The van der Waals surface area contributed by atoms with E-state index in [0.717, 1.165) is 35.9 Å². The number of hydrogen-bond donors (Lipinski definition) is 2. The predicted octanol–water partition coefficient (Wildman–Crippen LogP) is 2.44. The lowest BCUT2D eigenvalue weighted by Crippen LogP contribution is -2.24. The number of hydrogen-bond acceptors (Lipinski definition) is 6. The number of nitrogens with two attached hydrogens (primary N) is 1. The van der Waals surface area contributed by atoms with Crippen molar-refractivity contribution < 1.29 is 9.47 Å². The van der Waals surface area contributed by atoms with Crippen LogP contribution in [0, 0.1) is 5.92 Å². The number of ether oxygens (including phenoxy) is 2. The summed E-state index contributed by atoms with van der Waals surface area (Å²) < 4.78 is 11.3. The van der Waals surface area contributed by atoms with Crippen molar-refractivity contribution in [3.05, 3.63) is 35.5 Å². The van der Waals surface area contributed by atoms with Crippen LogP contribution in [0.15, 0.2) is 24.3 Å². The second kappa shape index (κ2) is 6.19. The molecular weight excluding hydrogens is 304 g/mol. The fourth-order valence-electron chi connectivity index (χ4n) is 3.18. The van der Waals surface area contributed by atoms with Crippen LogP contribution in [0.25, 0.3) is 0 Å². The SMILES string of the molecule is COc1cccc2c1OC[C@H](Cc1cc(NC3CC3)nc(N)n1)C2. The van der Waals surface area contributed by atoms with Crippen molar-refractivity contribution in [1.82, 2.24) is 9.97 Å². The Bertz CT molecular complexity index is 746. The molecule has 0 bridgehead atoms. The molecule has 0 spiro atoms. The van der Waals surface area contributed by atoms with Crippen molar-refractivity contribution in [2.75, 3.05) is 24.8 Å². The molecule has 1 aromatic carbocycles. The summed E-state index contributed by atoms with van der Waals surface area (Å²) in [6.07, 6.45) is 4.17. The summed E-state index contributed by atoms with van der Waals surface area (Å²) >= 11 is 0. The summed E-state index contributed by atoms with van der Waals surface area (Å²) in [5, 5.41) is 3.39. The highest BCUT2D eigenvalue weighted by Gasteiger charge is 2.25. The molecule has 126 valence electrons. The van der Waals surface area contributed by atoms with Gasteiger partial charge in [-0.2, -0.15) is 4.98 Å². The van der Waals surface area contributed by atoms with Crippen LogP contribution in [0.1, 0.15) is 24.1 Å². The highest BCUT2D eigenvalue weighted by atomic mass is 16.5. The van der Waals surface area contributed by atoms with Gasteiger partial charge in [0.05, 0.1) is 13.7 Å². The van der Waals surface area contributed by atoms with Crippen molar-refractivity contribution >= 4 is 11.8 Å². The Morgan fingerprint density at radius 1 is 1.33 bits per heavy atom. The normalized spacial score (nSPS) is 19.3. The third kappa shape index (κ3) is 3.22. The number of para-hydroxylation sites is 1. The minimum absolute atomic E-state index is 0.328. The number of nitrogens with zero attached hydrogens (tertiary/aromatic N) is 2. The summed E-state index contributed by atoms with van der Waals surface area (Å²) in [7, 11) is 1.67. The van der Waals surface area contributed by atoms with Gasteiger partial charge in [0.25, 0.3) is 0 Å². The molecule has 6 heteroatoms. The first-order chi connectivity index (χ1) is 11.7. The summed E-state index contributed by atoms with van der Waals surface area (Å²) in [6.45, 7) is 0.655. The minimum Gasteiger partial charge on any atom is -0.493 e. The van der Waals surface area contributed by atoms with Crippen LogP contribution in [-0.4, -0.2) is 29.7 Å². The molecule has 1 aliphatic carbocycles. The van der Waals surface area contributed by atoms with Gasteiger partial charge in [-0.1, -0.05) is 12.1 Å². The standard InChI is InChI=1S/C18H22N4O2/c1-23-15-4-2-3-12-7-11(10-24-17(12)15)8-14-9-16(20-13-5-6-13)22-18(19)21-14/h2-4,9,11,13H,5-8,10H2,1H3,(H3,19,20,21,22)/t11-/m0/s1. The first-order valence-electron chi connectivity index (χ1n) is 8.40. The average molecular weight is 326 g/mol. The third-order valence-corrected chi connectivity index (χ3v) is 4.48. The highest BCUT2D eigenvalue weighted by molar-refractivity contribution is 5.48. The number of rotatable bonds is 5. The number of fused-ring (bicyclic) bond motifs is 1. The van der Waals surface area contributed by atoms with E-state index in [9.17, 15) is 0 Å². The molecule has 2 heterocycles. The van der Waals surface area contributed by atoms with E-state index in [0.29, 0.717) is 24.5 Å². The van der Waals surface area contributed by atoms with E-state index in [1.54, 1.807) is 7.11 Å². The summed E-state index contributed by atoms with van der Waals surface area (Å²) in [5.41, 5.74) is 8.01. The van der Waals surface area contributed by atoms with Gasteiger partial charge in [-0.25, -0.2) is 4.98 Å². The molecule has 2 aliphatic rings. The molecule has 1 atom stereocenters.